The fourth-order valence-corrected chi connectivity index (χ4v) is 2.05. The average Bonchev–Trinajstić information content (AvgIpc) is 2.34. The summed E-state index contributed by atoms with van der Waals surface area (Å²) in [6, 6.07) is 9.10. The monoisotopic (exact) mass is 255 g/mol. The first-order valence-electron chi connectivity index (χ1n) is 5.31. The van der Waals surface area contributed by atoms with Crippen molar-refractivity contribution in [2.75, 3.05) is 6.54 Å². The van der Waals surface area contributed by atoms with Gasteiger partial charge in [-0.25, -0.2) is 4.72 Å². The van der Waals surface area contributed by atoms with E-state index in [1.54, 1.807) is 0 Å². The Morgan fingerprint density at radius 3 is 2.65 bits per heavy atom. The van der Waals surface area contributed by atoms with Gasteiger partial charge in [-0.15, -0.1) is 0 Å². The second-order valence-electron chi connectivity index (χ2n) is 3.53. The highest BCUT2D eigenvalue weighted by Crippen LogP contribution is 2.18. The van der Waals surface area contributed by atoms with E-state index in [1.165, 1.54) is 0 Å². The first-order valence-corrected chi connectivity index (χ1v) is 6.39. The van der Waals surface area contributed by atoms with Crippen LogP contribution in [-0.2, 0) is 16.1 Å². The molecule has 17 heavy (non-hydrogen) atoms. The van der Waals surface area contributed by atoms with Crippen LogP contribution < -0.4 is 10.0 Å². The summed E-state index contributed by atoms with van der Waals surface area (Å²) in [4.78, 5) is 10.1. The van der Waals surface area contributed by atoms with Gasteiger partial charge in [0, 0.05) is 23.9 Å². The number of carbonyl (C=O) groups is 1. The molecular formula is C11H15N2O3S-. The number of hydrogen-bond donors (Lipinski definition) is 2. The third kappa shape index (κ3) is 5.58. The van der Waals surface area contributed by atoms with Crippen LogP contribution in [0.4, 0.5) is 0 Å². The molecular weight excluding hydrogens is 240 g/mol. The van der Waals surface area contributed by atoms with Gasteiger partial charge in [-0.2, -0.15) is 0 Å². The molecule has 1 amide bonds. The van der Waals surface area contributed by atoms with Crippen LogP contribution in [0.2, 0.25) is 0 Å². The Labute approximate surface area is 103 Å². The highest BCUT2D eigenvalue weighted by Gasteiger charge is 2.10. The Hall–Kier alpha value is -1.24. The molecule has 94 valence electrons. The van der Waals surface area contributed by atoms with Crippen LogP contribution in [0.1, 0.15) is 24.4 Å². The summed E-state index contributed by atoms with van der Waals surface area (Å²) in [6.07, 6.45) is 1.98. The van der Waals surface area contributed by atoms with Gasteiger partial charge in [-0.3, -0.25) is 9.00 Å². The van der Waals surface area contributed by atoms with Crippen molar-refractivity contribution in [1.82, 2.24) is 10.0 Å². The van der Waals surface area contributed by atoms with Crippen molar-refractivity contribution in [3.63, 3.8) is 0 Å². The molecule has 0 radical (unpaired) electrons. The molecule has 1 aromatic carbocycles. The van der Waals surface area contributed by atoms with Crippen molar-refractivity contribution in [2.24, 2.45) is 0 Å². The number of rotatable bonds is 8. The van der Waals surface area contributed by atoms with Gasteiger partial charge in [0.1, 0.15) is 0 Å². The van der Waals surface area contributed by atoms with E-state index >= 15 is 0 Å². The fourth-order valence-electron chi connectivity index (χ4n) is 1.56. The van der Waals surface area contributed by atoms with Crippen molar-refractivity contribution in [1.29, 1.82) is 0 Å². The van der Waals surface area contributed by atoms with E-state index in [-0.39, 0.29) is 6.04 Å². The highest BCUT2D eigenvalue weighted by molar-refractivity contribution is 7.77. The second-order valence-corrected chi connectivity index (χ2v) is 4.24. The molecule has 6 heteroatoms. The molecule has 2 atom stereocenters. The zero-order valence-corrected chi connectivity index (χ0v) is 10.1. The maximum Gasteiger partial charge on any atom is 0.207 e. The highest BCUT2D eigenvalue weighted by atomic mass is 32.2. The molecule has 0 bridgehead atoms. The van der Waals surface area contributed by atoms with Crippen LogP contribution >= 0.6 is 0 Å². The summed E-state index contributed by atoms with van der Waals surface area (Å²) in [7, 11) is 0. The van der Waals surface area contributed by atoms with Gasteiger partial charge in [0.15, 0.2) is 0 Å². The van der Waals surface area contributed by atoms with Gasteiger partial charge in [0.2, 0.25) is 6.41 Å². The predicted molar refractivity (Wildman–Crippen MR) is 64.5 cm³/mol. The minimum atomic E-state index is -2.29. The number of benzene rings is 1. The third-order valence-electron chi connectivity index (χ3n) is 2.34. The maximum atomic E-state index is 10.7. The average molecular weight is 255 g/mol. The minimum absolute atomic E-state index is 0.247. The second kappa shape index (κ2) is 7.94. The summed E-state index contributed by atoms with van der Waals surface area (Å²) in [5.74, 6) is 0. The quantitative estimate of drug-likeness (QED) is 0.406. The summed E-state index contributed by atoms with van der Waals surface area (Å²) in [6.45, 7) is 0.542. The fraction of sp³-hybridized carbons (Fsp3) is 0.364. The predicted octanol–water partition coefficient (Wildman–Crippen LogP) is 0.638. The van der Waals surface area contributed by atoms with E-state index in [2.05, 4.69) is 10.0 Å². The van der Waals surface area contributed by atoms with E-state index in [4.69, 9.17) is 0 Å². The largest absolute Gasteiger partial charge is 0.760 e. The first-order chi connectivity index (χ1) is 8.24. The lowest BCUT2D eigenvalue weighted by molar-refractivity contribution is -0.109. The van der Waals surface area contributed by atoms with Crippen molar-refractivity contribution in [3.8, 4) is 0 Å². The molecule has 2 unspecified atom stereocenters. The van der Waals surface area contributed by atoms with Crippen molar-refractivity contribution in [3.05, 3.63) is 35.9 Å². The van der Waals surface area contributed by atoms with Crippen LogP contribution in [-0.4, -0.2) is 21.7 Å². The molecule has 0 saturated carbocycles. The van der Waals surface area contributed by atoms with E-state index in [0.717, 1.165) is 5.56 Å². The molecule has 2 N–H and O–H groups in total. The van der Waals surface area contributed by atoms with Gasteiger partial charge in [0.05, 0.1) is 0 Å². The smallest absolute Gasteiger partial charge is 0.207 e. The van der Waals surface area contributed by atoms with Crippen LogP contribution in [0.3, 0.4) is 0 Å². The lowest BCUT2D eigenvalue weighted by Crippen LogP contribution is -2.24. The molecule has 0 spiro atoms. The molecule has 0 aliphatic carbocycles. The van der Waals surface area contributed by atoms with E-state index in [0.29, 0.717) is 25.8 Å². The molecule has 0 fully saturated rings. The maximum absolute atomic E-state index is 10.7. The Morgan fingerprint density at radius 2 is 2.06 bits per heavy atom. The van der Waals surface area contributed by atoms with Crippen LogP contribution in [0.25, 0.3) is 0 Å². The number of hydrogen-bond acceptors (Lipinski definition) is 3. The van der Waals surface area contributed by atoms with Crippen molar-refractivity contribution < 1.29 is 13.6 Å². The van der Waals surface area contributed by atoms with Gasteiger partial charge in [-0.05, 0) is 18.4 Å². The standard InChI is InChI=1S/C11H16N2O3S/c14-9-12-8-4-7-11(13-17(15)16)10-5-2-1-3-6-10/h1-3,5-6,9,11,13H,4,7-8H2,(H,12,14)(H,15,16)/p-1. The Balaban J connectivity index is 2.55. The van der Waals surface area contributed by atoms with Crippen LogP contribution in [0, 0.1) is 0 Å². The number of amides is 1. The number of nitrogens with one attached hydrogen (secondary N) is 2. The lowest BCUT2D eigenvalue weighted by Gasteiger charge is -2.20. The van der Waals surface area contributed by atoms with E-state index in [9.17, 15) is 13.6 Å². The normalized spacial score (nSPS) is 13.9. The molecule has 0 heterocycles. The molecule has 1 rings (SSSR count). The van der Waals surface area contributed by atoms with Crippen LogP contribution in [0.15, 0.2) is 30.3 Å². The molecule has 0 aromatic heterocycles. The topological polar surface area (TPSA) is 81.3 Å². The van der Waals surface area contributed by atoms with Gasteiger partial charge < -0.3 is 9.87 Å². The first kappa shape index (κ1) is 13.8. The van der Waals surface area contributed by atoms with Crippen molar-refractivity contribution in [2.45, 2.75) is 18.9 Å². The minimum Gasteiger partial charge on any atom is -0.760 e. The summed E-state index contributed by atoms with van der Waals surface area (Å²) >= 11 is -2.29. The van der Waals surface area contributed by atoms with Gasteiger partial charge in [0.25, 0.3) is 0 Å². The summed E-state index contributed by atoms with van der Waals surface area (Å²) < 4.78 is 23.9. The molecule has 0 saturated heterocycles. The van der Waals surface area contributed by atoms with Gasteiger partial charge in [-0.1, -0.05) is 30.3 Å². The van der Waals surface area contributed by atoms with Crippen LogP contribution in [0.5, 0.6) is 0 Å². The Morgan fingerprint density at radius 1 is 1.35 bits per heavy atom. The Bertz CT molecular complexity index is 359. The zero-order chi connectivity index (χ0) is 12.5. The Kier molecular flexibility index (Phi) is 6.46. The van der Waals surface area contributed by atoms with Gasteiger partial charge >= 0.3 is 0 Å². The zero-order valence-electron chi connectivity index (χ0n) is 9.30. The summed E-state index contributed by atoms with van der Waals surface area (Å²) in [5.41, 5.74) is 0.919. The molecule has 0 aliphatic rings. The molecule has 5 nitrogen and oxygen atoms in total. The SMILES string of the molecule is O=CNCCCC(NS(=O)[O-])c1ccccc1. The van der Waals surface area contributed by atoms with Crippen molar-refractivity contribution >= 4 is 17.7 Å². The lowest BCUT2D eigenvalue weighted by atomic mass is 10.0. The summed E-state index contributed by atoms with van der Waals surface area (Å²) in [5, 5.41) is 2.55. The van der Waals surface area contributed by atoms with E-state index in [1.807, 2.05) is 30.3 Å². The third-order valence-corrected chi connectivity index (χ3v) is 2.81. The number of carbonyl (C=O) groups excluding carboxylic acids is 1. The molecule has 0 aliphatic heterocycles. The van der Waals surface area contributed by atoms with E-state index < -0.39 is 11.3 Å². The molecule has 1 aromatic rings.